The first-order valence-corrected chi connectivity index (χ1v) is 3.57. The Kier molecular flexibility index (Phi) is 5.30. The van der Waals surface area contributed by atoms with Gasteiger partial charge in [-0.25, -0.2) is 4.39 Å². The lowest BCUT2D eigenvalue weighted by Gasteiger charge is -2.25. The molecule has 1 unspecified atom stereocenters. The van der Waals surface area contributed by atoms with E-state index in [1.54, 1.807) is 0 Å². The molecule has 0 rings (SSSR count). The minimum absolute atomic E-state index is 0.854. The fourth-order valence-electron chi connectivity index (χ4n) is 0.700. The summed E-state index contributed by atoms with van der Waals surface area (Å²) in [4.78, 5) is 0. The third kappa shape index (κ3) is 3.51. The first-order chi connectivity index (χ1) is 5.91. The summed E-state index contributed by atoms with van der Waals surface area (Å²) >= 11 is 0. The lowest BCUT2D eigenvalue weighted by Crippen LogP contribution is -2.49. The second-order valence-electron chi connectivity index (χ2n) is 2.59. The van der Waals surface area contributed by atoms with Crippen LogP contribution >= 0.6 is 0 Å². The van der Waals surface area contributed by atoms with Crippen LogP contribution in [0.25, 0.3) is 0 Å². The third-order valence-corrected chi connectivity index (χ3v) is 1.56. The van der Waals surface area contributed by atoms with Crippen LogP contribution in [0, 0.1) is 0 Å². The Balaban J connectivity index is 4.15. The molecule has 0 bridgehead atoms. The molecule has 0 aliphatic carbocycles. The molecule has 0 aliphatic rings. The fourth-order valence-corrected chi connectivity index (χ4v) is 0.700. The second kappa shape index (κ2) is 5.43. The molecule has 0 amide bonds. The first kappa shape index (κ1) is 12.7. The molecule has 0 fully saturated rings. The van der Waals surface area contributed by atoms with Crippen molar-refractivity contribution in [2.45, 2.75) is 30.8 Å². The highest BCUT2D eigenvalue weighted by Gasteiger charge is 2.33. The minimum Gasteiger partial charge on any atom is -0.394 e. The summed E-state index contributed by atoms with van der Waals surface area (Å²) in [7, 11) is 0. The van der Waals surface area contributed by atoms with Crippen LogP contribution in [0.15, 0.2) is 0 Å². The van der Waals surface area contributed by atoms with E-state index in [9.17, 15) is 4.39 Å². The SMILES string of the molecule is OC[C@H](O)[C@@H](O)[C@@H](O)[C@@H](O)C(O)F. The van der Waals surface area contributed by atoms with Crippen LogP contribution < -0.4 is 0 Å². The molecule has 5 atom stereocenters. The van der Waals surface area contributed by atoms with Crippen molar-refractivity contribution in [3.05, 3.63) is 0 Å². The van der Waals surface area contributed by atoms with E-state index in [2.05, 4.69) is 0 Å². The van der Waals surface area contributed by atoms with Gasteiger partial charge in [-0.1, -0.05) is 0 Å². The van der Waals surface area contributed by atoms with Crippen molar-refractivity contribution in [1.82, 2.24) is 0 Å². The Morgan fingerprint density at radius 2 is 1.31 bits per heavy atom. The van der Waals surface area contributed by atoms with Gasteiger partial charge in [0.2, 0.25) is 6.36 Å². The smallest absolute Gasteiger partial charge is 0.225 e. The van der Waals surface area contributed by atoms with Crippen LogP contribution in [0.2, 0.25) is 0 Å². The van der Waals surface area contributed by atoms with Crippen molar-refractivity contribution < 1.29 is 35.0 Å². The summed E-state index contributed by atoms with van der Waals surface area (Å²) in [6, 6.07) is 0. The van der Waals surface area contributed by atoms with Gasteiger partial charge in [0.05, 0.1) is 6.61 Å². The van der Waals surface area contributed by atoms with E-state index in [1.165, 1.54) is 0 Å². The third-order valence-electron chi connectivity index (χ3n) is 1.56. The monoisotopic (exact) mass is 200 g/mol. The van der Waals surface area contributed by atoms with Gasteiger partial charge in [0.15, 0.2) is 0 Å². The predicted molar refractivity (Wildman–Crippen MR) is 38.2 cm³/mol. The van der Waals surface area contributed by atoms with Gasteiger partial charge in [-0.3, -0.25) is 0 Å². The predicted octanol–water partition coefficient (Wildman–Crippen LogP) is -3.29. The van der Waals surface area contributed by atoms with Crippen molar-refractivity contribution in [3.8, 4) is 0 Å². The molecule has 0 heterocycles. The molecule has 6 nitrogen and oxygen atoms in total. The molecule has 0 aromatic carbocycles. The highest BCUT2D eigenvalue weighted by Crippen LogP contribution is 2.08. The summed E-state index contributed by atoms with van der Waals surface area (Å²) in [6.07, 6.45) is -10.7. The zero-order chi connectivity index (χ0) is 10.6. The highest BCUT2D eigenvalue weighted by molar-refractivity contribution is 4.81. The zero-order valence-corrected chi connectivity index (χ0v) is 6.66. The molecule has 80 valence electrons. The maximum Gasteiger partial charge on any atom is 0.225 e. The van der Waals surface area contributed by atoms with E-state index in [-0.39, 0.29) is 0 Å². The Hall–Kier alpha value is -0.310. The lowest BCUT2D eigenvalue weighted by molar-refractivity contribution is -0.165. The Morgan fingerprint density at radius 3 is 1.62 bits per heavy atom. The molecular weight excluding hydrogens is 187 g/mol. The molecule has 0 spiro atoms. The molecular formula is C6H13FO6. The maximum atomic E-state index is 12.0. The normalized spacial score (nSPS) is 23.3. The fraction of sp³-hybridized carbons (Fsp3) is 1.00. The molecule has 0 aromatic rings. The molecule has 7 heteroatoms. The summed E-state index contributed by atoms with van der Waals surface area (Å²) in [6.45, 7) is -0.854. The van der Waals surface area contributed by atoms with Gasteiger partial charge >= 0.3 is 0 Å². The highest BCUT2D eigenvalue weighted by atomic mass is 19.1. The van der Waals surface area contributed by atoms with Gasteiger partial charge in [-0.15, -0.1) is 0 Å². The summed E-state index contributed by atoms with van der Waals surface area (Å²) in [5.41, 5.74) is 0. The number of rotatable bonds is 5. The standard InChI is InChI=1S/C6H13FO6/c7-6(13)5(12)4(11)3(10)2(9)1-8/h2-6,8-13H,1H2/t2-,3+,4+,5+,6?/m0/s1. The van der Waals surface area contributed by atoms with Crippen LogP contribution in [0.3, 0.4) is 0 Å². The Bertz CT molecular complexity index is 143. The largest absolute Gasteiger partial charge is 0.394 e. The van der Waals surface area contributed by atoms with Gasteiger partial charge < -0.3 is 30.6 Å². The van der Waals surface area contributed by atoms with Crippen LogP contribution in [0.1, 0.15) is 0 Å². The maximum absolute atomic E-state index is 12.0. The molecule has 0 saturated carbocycles. The van der Waals surface area contributed by atoms with Gasteiger partial charge in [0.1, 0.15) is 24.4 Å². The van der Waals surface area contributed by atoms with E-state index in [0.717, 1.165) is 0 Å². The zero-order valence-electron chi connectivity index (χ0n) is 6.66. The number of alkyl halides is 1. The quantitative estimate of drug-likeness (QED) is 0.276. The van der Waals surface area contributed by atoms with Crippen molar-refractivity contribution >= 4 is 0 Å². The van der Waals surface area contributed by atoms with Crippen LogP contribution in [0.4, 0.5) is 4.39 Å². The summed E-state index contributed by atoms with van der Waals surface area (Å²) in [5.74, 6) is 0. The number of hydrogen-bond acceptors (Lipinski definition) is 6. The number of halogens is 1. The van der Waals surface area contributed by atoms with Crippen LogP contribution in [-0.4, -0.2) is 68.0 Å². The molecule has 0 aliphatic heterocycles. The van der Waals surface area contributed by atoms with E-state index in [4.69, 9.17) is 30.6 Å². The number of hydrogen-bond donors (Lipinski definition) is 6. The van der Waals surface area contributed by atoms with Crippen molar-refractivity contribution in [3.63, 3.8) is 0 Å². The van der Waals surface area contributed by atoms with Gasteiger partial charge in [-0.05, 0) is 0 Å². The number of aliphatic hydroxyl groups is 6. The van der Waals surface area contributed by atoms with E-state index < -0.39 is 37.4 Å². The van der Waals surface area contributed by atoms with Crippen molar-refractivity contribution in [1.29, 1.82) is 0 Å². The number of aliphatic hydroxyl groups excluding tert-OH is 6. The summed E-state index contributed by atoms with van der Waals surface area (Å²) < 4.78 is 12.0. The van der Waals surface area contributed by atoms with Gasteiger partial charge in [0, 0.05) is 0 Å². The van der Waals surface area contributed by atoms with Gasteiger partial charge in [0.25, 0.3) is 0 Å². The molecule has 13 heavy (non-hydrogen) atoms. The van der Waals surface area contributed by atoms with Crippen molar-refractivity contribution in [2.75, 3.05) is 6.61 Å². The average Bonchev–Trinajstić information content (AvgIpc) is 2.12. The molecule has 0 radical (unpaired) electrons. The van der Waals surface area contributed by atoms with E-state index in [1.807, 2.05) is 0 Å². The summed E-state index contributed by atoms with van der Waals surface area (Å²) in [5, 5.41) is 51.7. The Labute approximate surface area is 73.5 Å². The topological polar surface area (TPSA) is 121 Å². The minimum atomic E-state index is -2.73. The average molecular weight is 200 g/mol. The van der Waals surface area contributed by atoms with Gasteiger partial charge in [-0.2, -0.15) is 0 Å². The van der Waals surface area contributed by atoms with E-state index >= 15 is 0 Å². The molecule has 0 saturated heterocycles. The first-order valence-electron chi connectivity index (χ1n) is 3.57. The van der Waals surface area contributed by atoms with Crippen LogP contribution in [-0.2, 0) is 0 Å². The Morgan fingerprint density at radius 1 is 0.846 bits per heavy atom. The molecule has 6 N–H and O–H groups in total. The lowest BCUT2D eigenvalue weighted by atomic mass is 10.0. The molecule has 0 aromatic heterocycles. The second-order valence-corrected chi connectivity index (χ2v) is 2.59. The van der Waals surface area contributed by atoms with Crippen molar-refractivity contribution in [2.24, 2.45) is 0 Å². The van der Waals surface area contributed by atoms with E-state index in [0.29, 0.717) is 0 Å². The van der Waals surface area contributed by atoms with Crippen LogP contribution in [0.5, 0.6) is 0 Å².